The monoisotopic (exact) mass is 260 g/mol. The number of halogens is 2. The van der Waals surface area contributed by atoms with Gasteiger partial charge in [0.1, 0.15) is 23.2 Å². The van der Waals surface area contributed by atoms with Crippen molar-refractivity contribution in [3.8, 4) is 17.1 Å². The van der Waals surface area contributed by atoms with Crippen LogP contribution in [-0.4, -0.2) is 15.1 Å². The number of aromatic hydroxyl groups is 1. The van der Waals surface area contributed by atoms with Crippen LogP contribution in [-0.2, 0) is 0 Å². The highest BCUT2D eigenvalue weighted by molar-refractivity contribution is 5.80. The molecule has 0 fully saturated rings. The molecule has 0 radical (unpaired) electrons. The Bertz CT molecular complexity index is 780. The van der Waals surface area contributed by atoms with Gasteiger partial charge in [-0.15, -0.1) is 0 Å². The number of benzene rings is 2. The fourth-order valence-corrected chi connectivity index (χ4v) is 1.96. The van der Waals surface area contributed by atoms with Gasteiger partial charge in [-0.2, -0.15) is 0 Å². The Morgan fingerprint density at radius 3 is 2.68 bits per heavy atom. The van der Waals surface area contributed by atoms with Crippen LogP contribution < -0.4 is 0 Å². The molecule has 0 saturated heterocycles. The summed E-state index contributed by atoms with van der Waals surface area (Å²) in [5.74, 6) is -0.860. The van der Waals surface area contributed by atoms with Gasteiger partial charge in [0.05, 0.1) is 16.6 Å². The summed E-state index contributed by atoms with van der Waals surface area (Å²) in [5, 5.41) is 9.37. The average molecular weight is 260 g/mol. The number of nitrogens with zero attached hydrogens (tertiary/aromatic N) is 1. The topological polar surface area (TPSA) is 48.9 Å². The maximum Gasteiger partial charge on any atom is 0.141 e. The lowest BCUT2D eigenvalue weighted by atomic mass is 10.1. The zero-order chi connectivity index (χ0) is 13.6. The van der Waals surface area contributed by atoms with Crippen molar-refractivity contribution in [2.45, 2.75) is 6.92 Å². The van der Waals surface area contributed by atoms with Crippen molar-refractivity contribution in [1.29, 1.82) is 0 Å². The molecular weight excluding hydrogens is 250 g/mol. The Labute approximate surface area is 107 Å². The molecule has 0 amide bonds. The minimum Gasteiger partial charge on any atom is -0.508 e. The van der Waals surface area contributed by atoms with E-state index in [1.165, 1.54) is 18.2 Å². The summed E-state index contributed by atoms with van der Waals surface area (Å²) in [6.07, 6.45) is 0. The minimum atomic E-state index is -0.675. The van der Waals surface area contributed by atoms with Gasteiger partial charge in [-0.25, -0.2) is 13.8 Å². The van der Waals surface area contributed by atoms with Crippen LogP contribution in [0.3, 0.4) is 0 Å². The zero-order valence-electron chi connectivity index (χ0n) is 10.0. The van der Waals surface area contributed by atoms with E-state index in [1.807, 2.05) is 0 Å². The van der Waals surface area contributed by atoms with Gasteiger partial charge in [0.25, 0.3) is 0 Å². The third-order valence-corrected chi connectivity index (χ3v) is 2.97. The highest BCUT2D eigenvalue weighted by Gasteiger charge is 2.13. The fraction of sp³-hybridized carbons (Fsp3) is 0.0714. The lowest BCUT2D eigenvalue weighted by Gasteiger charge is -2.02. The number of aryl methyl sites for hydroxylation is 1. The average Bonchev–Trinajstić information content (AvgIpc) is 2.76. The number of aromatic nitrogens is 2. The molecule has 5 heteroatoms. The quantitative estimate of drug-likeness (QED) is 0.703. The van der Waals surface area contributed by atoms with Crippen LogP contribution in [0.2, 0.25) is 0 Å². The third-order valence-electron chi connectivity index (χ3n) is 2.97. The van der Waals surface area contributed by atoms with E-state index in [1.54, 1.807) is 13.0 Å². The molecular formula is C14H10F2N2O. The smallest absolute Gasteiger partial charge is 0.141 e. The first-order valence-corrected chi connectivity index (χ1v) is 5.69. The molecule has 0 aliphatic carbocycles. The van der Waals surface area contributed by atoms with Gasteiger partial charge in [0.2, 0.25) is 0 Å². The Kier molecular flexibility index (Phi) is 2.48. The van der Waals surface area contributed by atoms with Crippen molar-refractivity contribution in [3.05, 3.63) is 47.5 Å². The summed E-state index contributed by atoms with van der Waals surface area (Å²) >= 11 is 0. The van der Waals surface area contributed by atoms with Crippen LogP contribution in [0.4, 0.5) is 8.78 Å². The summed E-state index contributed by atoms with van der Waals surface area (Å²) in [6, 6.07) is 6.87. The Hall–Kier alpha value is -2.43. The Balaban J connectivity index is 2.21. The molecule has 0 atom stereocenters. The van der Waals surface area contributed by atoms with Gasteiger partial charge in [0.15, 0.2) is 0 Å². The normalized spacial score (nSPS) is 11.1. The van der Waals surface area contributed by atoms with Gasteiger partial charge >= 0.3 is 0 Å². The number of H-pyrrole nitrogens is 1. The van der Waals surface area contributed by atoms with Crippen molar-refractivity contribution < 1.29 is 13.9 Å². The molecule has 0 spiro atoms. The molecule has 2 aromatic carbocycles. The van der Waals surface area contributed by atoms with Crippen LogP contribution >= 0.6 is 0 Å². The molecule has 0 aliphatic rings. The Morgan fingerprint density at radius 1 is 1.11 bits per heavy atom. The number of hydrogen-bond acceptors (Lipinski definition) is 2. The molecule has 0 aliphatic heterocycles. The van der Waals surface area contributed by atoms with Crippen LogP contribution in [0.1, 0.15) is 5.56 Å². The maximum atomic E-state index is 13.8. The molecule has 0 unspecified atom stereocenters. The molecule has 0 bridgehead atoms. The first kappa shape index (κ1) is 11.6. The fourth-order valence-electron chi connectivity index (χ4n) is 1.96. The number of nitrogens with one attached hydrogen (secondary N) is 1. The number of hydrogen-bond donors (Lipinski definition) is 2. The first-order chi connectivity index (χ1) is 9.04. The van der Waals surface area contributed by atoms with Crippen LogP contribution in [0, 0.1) is 18.6 Å². The molecule has 3 aromatic rings. The van der Waals surface area contributed by atoms with Gasteiger partial charge in [0, 0.05) is 12.1 Å². The van der Waals surface area contributed by atoms with E-state index >= 15 is 0 Å². The molecule has 19 heavy (non-hydrogen) atoms. The summed E-state index contributed by atoms with van der Waals surface area (Å²) in [7, 11) is 0. The second kappa shape index (κ2) is 4.05. The van der Waals surface area contributed by atoms with E-state index in [4.69, 9.17) is 0 Å². The van der Waals surface area contributed by atoms with Gasteiger partial charge in [-0.1, -0.05) is 0 Å². The molecule has 0 saturated carbocycles. The number of phenolic OH excluding ortho intramolecular Hbond substituents is 1. The Morgan fingerprint density at radius 2 is 1.89 bits per heavy atom. The molecule has 96 valence electrons. The summed E-state index contributed by atoms with van der Waals surface area (Å²) in [5.41, 5.74) is 1.75. The largest absolute Gasteiger partial charge is 0.508 e. The second-order valence-corrected chi connectivity index (χ2v) is 4.37. The number of fused-ring (bicyclic) bond motifs is 1. The van der Waals surface area contributed by atoms with Crippen molar-refractivity contribution in [2.24, 2.45) is 0 Å². The SMILES string of the molecule is Cc1cc(-c2nc3ccc(O)cc3[nH]2)c(F)cc1F. The van der Waals surface area contributed by atoms with Crippen LogP contribution in [0.5, 0.6) is 5.75 Å². The summed E-state index contributed by atoms with van der Waals surface area (Å²) in [6.45, 7) is 1.56. The van der Waals surface area contributed by atoms with Crippen molar-refractivity contribution >= 4 is 11.0 Å². The van der Waals surface area contributed by atoms with E-state index < -0.39 is 11.6 Å². The van der Waals surface area contributed by atoms with Gasteiger partial charge in [-0.3, -0.25) is 0 Å². The van der Waals surface area contributed by atoms with Gasteiger partial charge in [-0.05, 0) is 30.7 Å². The van der Waals surface area contributed by atoms with Crippen LogP contribution in [0.25, 0.3) is 22.4 Å². The standard InChI is InChI=1S/C14H10F2N2O/c1-7-4-9(11(16)6-10(7)15)14-17-12-3-2-8(19)5-13(12)18-14/h2-6,19H,1H3,(H,17,18). The van der Waals surface area contributed by atoms with E-state index in [9.17, 15) is 13.9 Å². The first-order valence-electron chi connectivity index (χ1n) is 5.69. The van der Waals surface area contributed by atoms with E-state index in [0.717, 1.165) is 6.07 Å². The summed E-state index contributed by atoms with van der Waals surface area (Å²) in [4.78, 5) is 7.13. The predicted octanol–water partition coefficient (Wildman–Crippen LogP) is 3.52. The lowest BCUT2D eigenvalue weighted by Crippen LogP contribution is -1.91. The molecule has 3 nitrogen and oxygen atoms in total. The minimum absolute atomic E-state index is 0.0958. The summed E-state index contributed by atoms with van der Waals surface area (Å²) < 4.78 is 27.0. The van der Waals surface area contributed by atoms with E-state index in [0.29, 0.717) is 22.4 Å². The third kappa shape index (κ3) is 1.93. The zero-order valence-corrected chi connectivity index (χ0v) is 10.0. The number of aromatic amines is 1. The molecule has 1 aromatic heterocycles. The highest BCUT2D eigenvalue weighted by atomic mass is 19.1. The highest BCUT2D eigenvalue weighted by Crippen LogP contribution is 2.26. The maximum absolute atomic E-state index is 13.8. The van der Waals surface area contributed by atoms with Crippen molar-refractivity contribution in [3.63, 3.8) is 0 Å². The van der Waals surface area contributed by atoms with E-state index in [2.05, 4.69) is 9.97 Å². The molecule has 1 heterocycles. The van der Waals surface area contributed by atoms with Crippen molar-refractivity contribution in [2.75, 3.05) is 0 Å². The van der Waals surface area contributed by atoms with Gasteiger partial charge < -0.3 is 10.1 Å². The molecule has 3 rings (SSSR count). The lowest BCUT2D eigenvalue weighted by molar-refractivity contribution is 0.476. The number of phenols is 1. The van der Waals surface area contributed by atoms with E-state index in [-0.39, 0.29) is 11.3 Å². The number of imidazole rings is 1. The molecule has 2 N–H and O–H groups in total. The second-order valence-electron chi connectivity index (χ2n) is 4.37. The predicted molar refractivity (Wildman–Crippen MR) is 67.8 cm³/mol. The van der Waals surface area contributed by atoms with Crippen LogP contribution in [0.15, 0.2) is 30.3 Å². The van der Waals surface area contributed by atoms with Crippen molar-refractivity contribution in [1.82, 2.24) is 9.97 Å². The number of rotatable bonds is 1.